The van der Waals surface area contributed by atoms with Crippen LogP contribution in [0, 0.1) is 0 Å². The lowest BCUT2D eigenvalue weighted by Gasteiger charge is -2.22. The number of amides is 1. The summed E-state index contributed by atoms with van der Waals surface area (Å²) in [6, 6.07) is 17.5. The molecule has 0 aliphatic heterocycles. The van der Waals surface area contributed by atoms with Gasteiger partial charge in [-0.1, -0.05) is 43.3 Å². The SMILES string of the molecule is CCCOc1cccc(C(=O)Nc2sc3c(c2C(=O)OC)CC[C@H](c2ccccc2)C3)c1. The minimum atomic E-state index is -0.406. The van der Waals surface area contributed by atoms with E-state index < -0.39 is 5.97 Å². The fraction of sp³-hybridized carbons (Fsp3) is 0.308. The molecule has 5 nitrogen and oxygen atoms in total. The van der Waals surface area contributed by atoms with Gasteiger partial charge in [0.05, 0.1) is 19.3 Å². The number of methoxy groups -OCH3 is 1. The highest BCUT2D eigenvalue weighted by molar-refractivity contribution is 7.17. The molecule has 1 aliphatic carbocycles. The zero-order chi connectivity index (χ0) is 22.5. The molecule has 0 bridgehead atoms. The lowest BCUT2D eigenvalue weighted by molar-refractivity contribution is 0.0601. The summed E-state index contributed by atoms with van der Waals surface area (Å²) >= 11 is 1.48. The fourth-order valence-electron chi connectivity index (χ4n) is 4.12. The Bertz CT molecular complexity index is 1110. The summed E-state index contributed by atoms with van der Waals surface area (Å²) < 4.78 is 10.7. The third kappa shape index (κ3) is 4.70. The molecule has 4 rings (SSSR count). The third-order valence-electron chi connectivity index (χ3n) is 5.72. The van der Waals surface area contributed by atoms with Crippen molar-refractivity contribution in [3.8, 4) is 5.75 Å². The van der Waals surface area contributed by atoms with Crippen LogP contribution in [0.5, 0.6) is 5.75 Å². The summed E-state index contributed by atoms with van der Waals surface area (Å²) in [5, 5.41) is 3.52. The topological polar surface area (TPSA) is 64.6 Å². The molecule has 6 heteroatoms. The molecular weight excluding hydrogens is 422 g/mol. The highest BCUT2D eigenvalue weighted by atomic mass is 32.1. The summed E-state index contributed by atoms with van der Waals surface area (Å²) in [6.07, 6.45) is 3.49. The van der Waals surface area contributed by atoms with E-state index in [9.17, 15) is 9.59 Å². The van der Waals surface area contributed by atoms with E-state index in [1.54, 1.807) is 18.2 Å². The van der Waals surface area contributed by atoms with Crippen LogP contribution in [0.1, 0.15) is 62.4 Å². The first-order valence-electron chi connectivity index (χ1n) is 10.9. The molecular formula is C26H27NO4S. The predicted octanol–water partition coefficient (Wildman–Crippen LogP) is 5.85. The summed E-state index contributed by atoms with van der Waals surface area (Å²) in [5.74, 6) is 0.388. The number of anilines is 1. The van der Waals surface area contributed by atoms with Crippen LogP contribution in [0.4, 0.5) is 5.00 Å². The van der Waals surface area contributed by atoms with Gasteiger partial charge in [0.1, 0.15) is 10.8 Å². The number of carbonyl (C=O) groups excluding carboxylic acids is 2. The van der Waals surface area contributed by atoms with Gasteiger partial charge in [0.15, 0.2) is 0 Å². The Balaban J connectivity index is 1.60. The smallest absolute Gasteiger partial charge is 0.341 e. The monoisotopic (exact) mass is 449 g/mol. The Labute approximate surface area is 192 Å². The minimum absolute atomic E-state index is 0.268. The van der Waals surface area contributed by atoms with Gasteiger partial charge in [-0.05, 0) is 60.9 Å². The molecule has 1 atom stereocenters. The molecule has 1 amide bonds. The van der Waals surface area contributed by atoms with E-state index in [0.717, 1.165) is 36.1 Å². The molecule has 1 aliphatic rings. The van der Waals surface area contributed by atoms with E-state index in [2.05, 4.69) is 29.6 Å². The van der Waals surface area contributed by atoms with Crippen molar-refractivity contribution in [2.24, 2.45) is 0 Å². The van der Waals surface area contributed by atoms with Gasteiger partial charge >= 0.3 is 5.97 Å². The number of rotatable bonds is 7. The van der Waals surface area contributed by atoms with Gasteiger partial charge in [0.2, 0.25) is 0 Å². The van der Waals surface area contributed by atoms with Crippen molar-refractivity contribution < 1.29 is 19.1 Å². The Morgan fingerprint density at radius 3 is 2.69 bits per heavy atom. The average Bonchev–Trinajstić information content (AvgIpc) is 3.19. The average molecular weight is 450 g/mol. The van der Waals surface area contributed by atoms with Crippen LogP contribution in [-0.4, -0.2) is 25.6 Å². The molecule has 1 N–H and O–H groups in total. The first-order valence-corrected chi connectivity index (χ1v) is 11.7. The number of ether oxygens (including phenoxy) is 2. The van der Waals surface area contributed by atoms with Gasteiger partial charge in [0, 0.05) is 10.4 Å². The molecule has 0 radical (unpaired) electrons. The van der Waals surface area contributed by atoms with Crippen molar-refractivity contribution >= 4 is 28.2 Å². The van der Waals surface area contributed by atoms with Crippen molar-refractivity contribution in [1.82, 2.24) is 0 Å². The van der Waals surface area contributed by atoms with Crippen LogP contribution >= 0.6 is 11.3 Å². The largest absolute Gasteiger partial charge is 0.494 e. The van der Waals surface area contributed by atoms with Gasteiger partial charge < -0.3 is 14.8 Å². The highest BCUT2D eigenvalue weighted by Gasteiger charge is 2.30. The highest BCUT2D eigenvalue weighted by Crippen LogP contribution is 2.43. The molecule has 0 saturated carbocycles. The number of benzene rings is 2. The number of fused-ring (bicyclic) bond motifs is 1. The number of esters is 1. The number of hydrogen-bond acceptors (Lipinski definition) is 5. The summed E-state index contributed by atoms with van der Waals surface area (Å²) in [7, 11) is 1.38. The molecule has 0 unspecified atom stereocenters. The van der Waals surface area contributed by atoms with E-state index in [1.807, 2.05) is 19.1 Å². The number of carbonyl (C=O) groups is 2. The third-order valence-corrected chi connectivity index (χ3v) is 6.89. The molecule has 32 heavy (non-hydrogen) atoms. The second-order valence-corrected chi connectivity index (χ2v) is 8.99. The maximum absolute atomic E-state index is 13.0. The second-order valence-electron chi connectivity index (χ2n) is 7.88. The van der Waals surface area contributed by atoms with Crippen molar-refractivity contribution in [1.29, 1.82) is 0 Å². The first kappa shape index (κ1) is 22.1. The molecule has 2 aromatic carbocycles. The van der Waals surface area contributed by atoms with Crippen molar-refractivity contribution in [3.63, 3.8) is 0 Å². The Kier molecular flexibility index (Phi) is 6.90. The van der Waals surface area contributed by atoms with Crippen LogP contribution in [0.15, 0.2) is 54.6 Å². The summed E-state index contributed by atoms with van der Waals surface area (Å²) in [4.78, 5) is 26.8. The van der Waals surface area contributed by atoms with Gasteiger partial charge in [0.25, 0.3) is 5.91 Å². The minimum Gasteiger partial charge on any atom is -0.494 e. The normalized spacial score (nSPS) is 15.0. The van der Waals surface area contributed by atoms with Gasteiger partial charge in [-0.2, -0.15) is 0 Å². The van der Waals surface area contributed by atoms with Gasteiger partial charge in [-0.15, -0.1) is 11.3 Å². The second kappa shape index (κ2) is 10.0. The zero-order valence-electron chi connectivity index (χ0n) is 18.4. The fourth-order valence-corrected chi connectivity index (χ4v) is 5.43. The summed E-state index contributed by atoms with van der Waals surface area (Å²) in [6.45, 7) is 2.63. The molecule has 0 fully saturated rings. The molecule has 3 aromatic rings. The van der Waals surface area contributed by atoms with Crippen LogP contribution in [0.25, 0.3) is 0 Å². The molecule has 1 aromatic heterocycles. The first-order chi connectivity index (χ1) is 15.6. The standard InChI is InChI=1S/C26H27NO4S/c1-3-14-31-20-11-7-10-19(15-20)24(28)27-25-23(26(29)30-2)21-13-12-18(16-22(21)32-25)17-8-5-4-6-9-17/h4-11,15,18H,3,12-14,16H2,1-2H3,(H,27,28)/t18-/m0/s1. The number of thiophene rings is 1. The van der Waals surface area contributed by atoms with E-state index in [0.29, 0.717) is 34.4 Å². The van der Waals surface area contributed by atoms with E-state index in [4.69, 9.17) is 9.47 Å². The molecule has 1 heterocycles. The quantitative estimate of drug-likeness (QED) is 0.460. The van der Waals surface area contributed by atoms with Crippen LogP contribution < -0.4 is 10.1 Å². The van der Waals surface area contributed by atoms with Crippen LogP contribution in [0.2, 0.25) is 0 Å². The lowest BCUT2D eigenvalue weighted by Crippen LogP contribution is -2.16. The molecule has 0 spiro atoms. The molecule has 0 saturated heterocycles. The van der Waals surface area contributed by atoms with Crippen LogP contribution in [0.3, 0.4) is 0 Å². The predicted molar refractivity (Wildman–Crippen MR) is 127 cm³/mol. The maximum Gasteiger partial charge on any atom is 0.341 e. The Morgan fingerprint density at radius 1 is 1.12 bits per heavy atom. The van der Waals surface area contributed by atoms with E-state index >= 15 is 0 Å². The van der Waals surface area contributed by atoms with E-state index in [1.165, 1.54) is 24.0 Å². The van der Waals surface area contributed by atoms with Crippen molar-refractivity contribution in [3.05, 3.63) is 81.7 Å². The van der Waals surface area contributed by atoms with Crippen molar-refractivity contribution in [2.75, 3.05) is 19.0 Å². The summed E-state index contributed by atoms with van der Waals surface area (Å²) in [5.41, 5.74) is 3.29. The van der Waals surface area contributed by atoms with Gasteiger partial charge in [-0.25, -0.2) is 4.79 Å². The van der Waals surface area contributed by atoms with Crippen molar-refractivity contribution in [2.45, 2.75) is 38.5 Å². The number of hydrogen-bond donors (Lipinski definition) is 1. The number of nitrogens with one attached hydrogen (secondary N) is 1. The zero-order valence-corrected chi connectivity index (χ0v) is 19.2. The van der Waals surface area contributed by atoms with Crippen LogP contribution in [-0.2, 0) is 17.6 Å². The lowest BCUT2D eigenvalue weighted by atomic mass is 9.83. The Hall–Kier alpha value is -3.12. The maximum atomic E-state index is 13.0. The van der Waals surface area contributed by atoms with Gasteiger partial charge in [-0.3, -0.25) is 4.79 Å². The molecule has 166 valence electrons. The Morgan fingerprint density at radius 2 is 1.94 bits per heavy atom. The van der Waals surface area contributed by atoms with E-state index in [-0.39, 0.29) is 5.91 Å².